The zero-order valence-corrected chi connectivity index (χ0v) is 11.7. The Morgan fingerprint density at radius 1 is 1.47 bits per heavy atom. The maximum Gasteiger partial charge on any atom is 0.251 e. The van der Waals surface area contributed by atoms with E-state index < -0.39 is 0 Å². The van der Waals surface area contributed by atoms with Crippen LogP contribution in [-0.4, -0.2) is 28.2 Å². The van der Waals surface area contributed by atoms with E-state index in [-0.39, 0.29) is 17.2 Å². The van der Waals surface area contributed by atoms with E-state index in [2.05, 4.69) is 15.3 Å². The van der Waals surface area contributed by atoms with Gasteiger partial charge in [-0.15, -0.1) is 11.3 Å². The summed E-state index contributed by atoms with van der Waals surface area (Å²) in [5.74, 6) is 0.185. The van der Waals surface area contributed by atoms with E-state index in [4.69, 9.17) is 0 Å². The predicted octanol–water partition coefficient (Wildman–Crippen LogP) is 1.28. The summed E-state index contributed by atoms with van der Waals surface area (Å²) >= 11 is 2.89. The van der Waals surface area contributed by atoms with Crippen molar-refractivity contribution >= 4 is 29.0 Å². The van der Waals surface area contributed by atoms with Crippen molar-refractivity contribution in [3.05, 3.63) is 45.0 Å². The minimum Gasteiger partial charge on any atom is -0.355 e. The Hall–Kier alpha value is -1.60. The van der Waals surface area contributed by atoms with Crippen LogP contribution in [0.2, 0.25) is 0 Å². The summed E-state index contributed by atoms with van der Waals surface area (Å²) < 4.78 is 0. The molecule has 2 rings (SSSR count). The normalized spacial score (nSPS) is 10.3. The van der Waals surface area contributed by atoms with Crippen LogP contribution in [0.15, 0.2) is 39.7 Å². The summed E-state index contributed by atoms with van der Waals surface area (Å²) in [6.07, 6.45) is 2.27. The molecule has 1 amide bonds. The Balaban J connectivity index is 1.68. The monoisotopic (exact) mass is 295 g/mol. The molecule has 0 radical (unpaired) electrons. The van der Waals surface area contributed by atoms with Crippen molar-refractivity contribution in [3.8, 4) is 0 Å². The molecule has 0 atom stereocenters. The highest BCUT2D eigenvalue weighted by atomic mass is 32.2. The fraction of sp³-hybridized carbons (Fsp3) is 0.250. The van der Waals surface area contributed by atoms with Crippen molar-refractivity contribution < 1.29 is 4.79 Å². The van der Waals surface area contributed by atoms with Crippen molar-refractivity contribution in [1.82, 2.24) is 15.3 Å². The van der Waals surface area contributed by atoms with Crippen LogP contribution in [0.1, 0.15) is 4.88 Å². The highest BCUT2D eigenvalue weighted by molar-refractivity contribution is 7.99. The Bertz CT molecular complexity index is 581. The zero-order valence-electron chi connectivity index (χ0n) is 10.1. The van der Waals surface area contributed by atoms with Gasteiger partial charge in [0, 0.05) is 23.7 Å². The topological polar surface area (TPSA) is 74.8 Å². The minimum absolute atomic E-state index is 0.0620. The number of carbonyl (C=O) groups is 1. The van der Waals surface area contributed by atoms with Crippen LogP contribution in [0.3, 0.4) is 0 Å². The van der Waals surface area contributed by atoms with E-state index in [9.17, 15) is 9.59 Å². The number of thiophene rings is 1. The summed E-state index contributed by atoms with van der Waals surface area (Å²) in [7, 11) is 0. The molecule has 0 saturated heterocycles. The number of aromatic amines is 1. The van der Waals surface area contributed by atoms with E-state index in [1.807, 2.05) is 17.5 Å². The SMILES string of the molecule is O=C(CSc1nccc(=O)[nH]1)NCCc1cccs1. The maximum absolute atomic E-state index is 11.6. The molecule has 0 spiro atoms. The smallest absolute Gasteiger partial charge is 0.251 e. The van der Waals surface area contributed by atoms with E-state index in [1.54, 1.807) is 11.3 Å². The third kappa shape index (κ3) is 4.88. The van der Waals surface area contributed by atoms with Gasteiger partial charge in [0.05, 0.1) is 5.75 Å². The van der Waals surface area contributed by atoms with Gasteiger partial charge in [-0.1, -0.05) is 17.8 Å². The summed E-state index contributed by atoms with van der Waals surface area (Å²) in [6.45, 7) is 0.624. The van der Waals surface area contributed by atoms with Gasteiger partial charge in [-0.05, 0) is 17.9 Å². The van der Waals surface area contributed by atoms with Crippen molar-refractivity contribution in [1.29, 1.82) is 0 Å². The third-order valence-electron chi connectivity index (χ3n) is 2.26. The van der Waals surface area contributed by atoms with Gasteiger partial charge in [0.2, 0.25) is 5.91 Å². The Morgan fingerprint density at radius 3 is 3.11 bits per heavy atom. The fourth-order valence-corrected chi connectivity index (χ4v) is 2.78. The molecule has 2 N–H and O–H groups in total. The van der Waals surface area contributed by atoms with E-state index >= 15 is 0 Å². The average Bonchev–Trinajstić information content (AvgIpc) is 2.90. The number of H-pyrrole nitrogens is 1. The third-order valence-corrected chi connectivity index (χ3v) is 4.09. The van der Waals surface area contributed by atoms with Gasteiger partial charge in [0.15, 0.2) is 5.16 Å². The molecular formula is C12H13N3O2S2. The van der Waals surface area contributed by atoms with Crippen LogP contribution in [0.4, 0.5) is 0 Å². The van der Waals surface area contributed by atoms with Gasteiger partial charge >= 0.3 is 0 Å². The Morgan fingerprint density at radius 2 is 2.37 bits per heavy atom. The summed E-state index contributed by atoms with van der Waals surface area (Å²) in [4.78, 5) is 30.4. The summed E-state index contributed by atoms with van der Waals surface area (Å²) in [6, 6.07) is 5.38. The molecule has 2 heterocycles. The first-order chi connectivity index (χ1) is 9.24. The highest BCUT2D eigenvalue weighted by Crippen LogP contribution is 2.10. The molecule has 0 aromatic carbocycles. The lowest BCUT2D eigenvalue weighted by Gasteiger charge is -2.03. The molecule has 0 aliphatic carbocycles. The lowest BCUT2D eigenvalue weighted by molar-refractivity contribution is -0.118. The molecule has 0 aliphatic rings. The highest BCUT2D eigenvalue weighted by Gasteiger charge is 2.04. The second-order valence-corrected chi connectivity index (χ2v) is 5.70. The minimum atomic E-state index is -0.212. The van der Waals surface area contributed by atoms with Crippen LogP contribution >= 0.6 is 23.1 Å². The zero-order chi connectivity index (χ0) is 13.5. The average molecular weight is 295 g/mol. The summed E-state index contributed by atoms with van der Waals surface area (Å²) in [5.41, 5.74) is -0.212. The number of hydrogen-bond acceptors (Lipinski definition) is 5. The molecule has 0 saturated carbocycles. The molecule has 0 fully saturated rings. The first-order valence-electron chi connectivity index (χ1n) is 5.71. The van der Waals surface area contributed by atoms with E-state index in [1.165, 1.54) is 28.9 Å². The second-order valence-electron chi connectivity index (χ2n) is 3.71. The van der Waals surface area contributed by atoms with Crippen LogP contribution in [0, 0.1) is 0 Å². The molecule has 19 heavy (non-hydrogen) atoms. The Labute approximate surface area is 118 Å². The van der Waals surface area contributed by atoms with E-state index in [0.717, 1.165) is 6.42 Å². The number of nitrogens with one attached hydrogen (secondary N) is 2. The van der Waals surface area contributed by atoms with Crippen molar-refractivity contribution in [2.45, 2.75) is 11.6 Å². The molecule has 2 aromatic heterocycles. The molecule has 0 bridgehead atoms. The number of rotatable bonds is 6. The van der Waals surface area contributed by atoms with Gasteiger partial charge < -0.3 is 10.3 Å². The maximum atomic E-state index is 11.6. The lowest BCUT2D eigenvalue weighted by atomic mass is 10.3. The number of hydrogen-bond donors (Lipinski definition) is 2. The number of amides is 1. The number of thioether (sulfide) groups is 1. The molecule has 0 aliphatic heterocycles. The summed E-state index contributed by atoms with van der Waals surface area (Å²) in [5, 5.41) is 5.31. The predicted molar refractivity (Wildman–Crippen MR) is 76.6 cm³/mol. The van der Waals surface area contributed by atoms with Gasteiger partial charge in [0.1, 0.15) is 0 Å². The molecule has 100 valence electrons. The van der Waals surface area contributed by atoms with Gasteiger partial charge in [-0.3, -0.25) is 9.59 Å². The first kappa shape index (κ1) is 13.8. The van der Waals surface area contributed by atoms with Crippen molar-refractivity contribution in [3.63, 3.8) is 0 Å². The lowest BCUT2D eigenvalue weighted by Crippen LogP contribution is -2.27. The molecule has 0 unspecified atom stereocenters. The van der Waals surface area contributed by atoms with Crippen molar-refractivity contribution in [2.24, 2.45) is 0 Å². The number of aromatic nitrogens is 2. The number of nitrogens with zero attached hydrogens (tertiary/aromatic N) is 1. The quantitative estimate of drug-likeness (QED) is 0.622. The molecule has 5 nitrogen and oxygen atoms in total. The largest absolute Gasteiger partial charge is 0.355 e. The second kappa shape index (κ2) is 7.10. The van der Waals surface area contributed by atoms with Crippen LogP contribution in [-0.2, 0) is 11.2 Å². The molecule has 7 heteroatoms. The van der Waals surface area contributed by atoms with Crippen LogP contribution in [0.5, 0.6) is 0 Å². The fourth-order valence-electron chi connectivity index (χ4n) is 1.39. The van der Waals surface area contributed by atoms with Crippen molar-refractivity contribution in [2.75, 3.05) is 12.3 Å². The number of carbonyl (C=O) groups excluding carboxylic acids is 1. The molecular weight excluding hydrogens is 282 g/mol. The van der Waals surface area contributed by atoms with Gasteiger partial charge in [0.25, 0.3) is 5.56 Å². The standard InChI is InChI=1S/C12H13N3O2S2/c16-10-4-6-14-12(15-10)19-8-11(17)13-5-3-9-2-1-7-18-9/h1-2,4,6-7H,3,5,8H2,(H,13,17)(H,14,15,16). The van der Waals surface area contributed by atoms with Crippen LogP contribution in [0.25, 0.3) is 0 Å². The van der Waals surface area contributed by atoms with Crippen LogP contribution < -0.4 is 10.9 Å². The molecule has 2 aromatic rings. The van der Waals surface area contributed by atoms with E-state index in [0.29, 0.717) is 11.7 Å². The first-order valence-corrected chi connectivity index (χ1v) is 7.58. The van der Waals surface area contributed by atoms with Gasteiger partial charge in [-0.25, -0.2) is 4.98 Å². The van der Waals surface area contributed by atoms with Gasteiger partial charge in [-0.2, -0.15) is 0 Å². The Kier molecular flexibility index (Phi) is 5.17.